The van der Waals surface area contributed by atoms with Gasteiger partial charge in [0.2, 0.25) is 5.91 Å². The summed E-state index contributed by atoms with van der Waals surface area (Å²) in [5, 5.41) is 5.83. The number of anilines is 2. The molecular formula is C22H26FN3O2. The number of para-hydroxylation sites is 1. The molecule has 1 fully saturated rings. The Hall–Kier alpha value is -2.89. The largest absolute Gasteiger partial charge is 0.354 e. The molecule has 6 heteroatoms. The summed E-state index contributed by atoms with van der Waals surface area (Å²) in [6, 6.07) is 12.9. The maximum Gasteiger partial charge on any atom is 0.326 e. The van der Waals surface area contributed by atoms with E-state index in [9.17, 15) is 14.0 Å². The zero-order valence-electron chi connectivity index (χ0n) is 16.1. The Morgan fingerprint density at radius 2 is 1.75 bits per heavy atom. The monoisotopic (exact) mass is 383 g/mol. The molecule has 1 aliphatic carbocycles. The molecule has 0 aliphatic heterocycles. The molecule has 2 N–H and O–H groups in total. The fourth-order valence-electron chi connectivity index (χ4n) is 3.49. The van der Waals surface area contributed by atoms with Crippen LogP contribution in [0.4, 0.5) is 20.6 Å². The number of benzene rings is 2. The van der Waals surface area contributed by atoms with Crippen molar-refractivity contribution >= 4 is 23.3 Å². The van der Waals surface area contributed by atoms with Gasteiger partial charge >= 0.3 is 6.03 Å². The number of carbonyl (C=O) groups is 2. The lowest BCUT2D eigenvalue weighted by Gasteiger charge is -2.24. The molecule has 0 aromatic heterocycles. The van der Waals surface area contributed by atoms with E-state index >= 15 is 0 Å². The van der Waals surface area contributed by atoms with Crippen LogP contribution in [0.3, 0.4) is 0 Å². The molecule has 1 aliphatic rings. The third kappa shape index (κ3) is 5.09. The van der Waals surface area contributed by atoms with Crippen molar-refractivity contribution in [3.63, 3.8) is 0 Å². The number of nitrogens with zero attached hydrogens (tertiary/aromatic N) is 1. The fraction of sp³-hybridized carbons (Fsp3) is 0.364. The van der Waals surface area contributed by atoms with Crippen LogP contribution >= 0.6 is 0 Å². The van der Waals surface area contributed by atoms with E-state index in [1.54, 1.807) is 12.1 Å². The van der Waals surface area contributed by atoms with Crippen LogP contribution in [0, 0.1) is 18.7 Å². The maximum atomic E-state index is 13.3. The van der Waals surface area contributed by atoms with E-state index in [1.807, 2.05) is 31.2 Å². The van der Waals surface area contributed by atoms with Crippen molar-refractivity contribution in [2.75, 3.05) is 23.3 Å². The Morgan fingerprint density at radius 1 is 1.07 bits per heavy atom. The molecule has 1 saturated carbocycles. The van der Waals surface area contributed by atoms with Gasteiger partial charge in [-0.25, -0.2) is 9.18 Å². The number of halogens is 1. The summed E-state index contributed by atoms with van der Waals surface area (Å²) in [5.74, 6) is -0.228. The van der Waals surface area contributed by atoms with Gasteiger partial charge in [-0.2, -0.15) is 0 Å². The second-order valence-electron chi connectivity index (χ2n) is 7.15. The summed E-state index contributed by atoms with van der Waals surface area (Å²) in [6.45, 7) is 2.55. The summed E-state index contributed by atoms with van der Waals surface area (Å²) < 4.78 is 13.3. The van der Waals surface area contributed by atoms with Crippen molar-refractivity contribution in [3.05, 3.63) is 59.9 Å². The lowest BCUT2D eigenvalue weighted by atomic mass is 10.1. The molecule has 0 atom stereocenters. The second kappa shape index (κ2) is 9.35. The van der Waals surface area contributed by atoms with Crippen molar-refractivity contribution in [1.82, 2.24) is 5.32 Å². The molecule has 0 saturated heterocycles. The highest BCUT2D eigenvalue weighted by Crippen LogP contribution is 2.24. The van der Waals surface area contributed by atoms with Crippen molar-refractivity contribution < 1.29 is 14.0 Å². The average Bonchev–Trinajstić information content (AvgIpc) is 3.23. The van der Waals surface area contributed by atoms with Crippen molar-refractivity contribution in [1.29, 1.82) is 0 Å². The smallest absolute Gasteiger partial charge is 0.326 e. The van der Waals surface area contributed by atoms with E-state index < -0.39 is 0 Å². The van der Waals surface area contributed by atoms with Crippen LogP contribution in [0.25, 0.3) is 0 Å². The van der Waals surface area contributed by atoms with Gasteiger partial charge in [-0.05, 0) is 55.7 Å². The Bertz CT molecular complexity index is 817. The quantitative estimate of drug-likeness (QED) is 0.773. The van der Waals surface area contributed by atoms with E-state index in [1.165, 1.54) is 17.0 Å². The normalized spacial score (nSPS) is 13.9. The highest BCUT2D eigenvalue weighted by Gasteiger charge is 2.23. The SMILES string of the molecule is Cc1ccccc1NC(=O)N(CCNC(=O)C1CCCC1)c1ccc(F)cc1. The van der Waals surface area contributed by atoms with Gasteiger partial charge in [-0.15, -0.1) is 0 Å². The Labute approximate surface area is 164 Å². The number of carbonyl (C=O) groups excluding carboxylic acids is 2. The summed E-state index contributed by atoms with van der Waals surface area (Å²) in [5.41, 5.74) is 2.24. The molecule has 148 valence electrons. The number of amides is 3. The van der Waals surface area contributed by atoms with Crippen LogP contribution in [0.15, 0.2) is 48.5 Å². The first-order valence-corrected chi connectivity index (χ1v) is 9.72. The molecule has 2 aromatic rings. The number of rotatable bonds is 6. The summed E-state index contributed by atoms with van der Waals surface area (Å²) in [7, 11) is 0. The fourth-order valence-corrected chi connectivity index (χ4v) is 3.49. The highest BCUT2D eigenvalue weighted by molar-refractivity contribution is 6.02. The maximum absolute atomic E-state index is 13.3. The van der Waals surface area contributed by atoms with Crippen LogP contribution in [0.1, 0.15) is 31.2 Å². The predicted molar refractivity (Wildman–Crippen MR) is 109 cm³/mol. The third-order valence-corrected chi connectivity index (χ3v) is 5.13. The zero-order chi connectivity index (χ0) is 19.9. The molecule has 3 amide bonds. The molecule has 0 bridgehead atoms. The topological polar surface area (TPSA) is 61.4 Å². The predicted octanol–water partition coefficient (Wildman–Crippen LogP) is 4.48. The molecule has 3 rings (SSSR count). The van der Waals surface area contributed by atoms with E-state index in [-0.39, 0.29) is 23.7 Å². The minimum absolute atomic E-state index is 0.0517. The van der Waals surface area contributed by atoms with Crippen molar-refractivity contribution in [3.8, 4) is 0 Å². The number of nitrogens with one attached hydrogen (secondary N) is 2. The molecule has 2 aromatic carbocycles. The van der Waals surface area contributed by atoms with Gasteiger partial charge in [0.15, 0.2) is 0 Å². The van der Waals surface area contributed by atoms with Crippen molar-refractivity contribution in [2.45, 2.75) is 32.6 Å². The van der Waals surface area contributed by atoms with E-state index in [0.29, 0.717) is 18.8 Å². The van der Waals surface area contributed by atoms with Crippen LogP contribution in [-0.4, -0.2) is 25.0 Å². The summed E-state index contributed by atoms with van der Waals surface area (Å²) in [4.78, 5) is 26.6. The number of urea groups is 1. The number of hydrogen-bond donors (Lipinski definition) is 2. The molecule has 0 radical (unpaired) electrons. The molecule has 5 nitrogen and oxygen atoms in total. The second-order valence-corrected chi connectivity index (χ2v) is 7.15. The molecular weight excluding hydrogens is 357 g/mol. The first-order valence-electron chi connectivity index (χ1n) is 9.72. The summed E-state index contributed by atoms with van der Waals surface area (Å²) in [6.07, 6.45) is 4.06. The van der Waals surface area contributed by atoms with E-state index in [4.69, 9.17) is 0 Å². The van der Waals surface area contributed by atoms with Crippen LogP contribution in [0.2, 0.25) is 0 Å². The van der Waals surface area contributed by atoms with Gasteiger partial charge in [-0.3, -0.25) is 9.69 Å². The number of hydrogen-bond acceptors (Lipinski definition) is 2. The number of aryl methyl sites for hydroxylation is 1. The van der Waals surface area contributed by atoms with Gasteiger partial charge in [-0.1, -0.05) is 31.0 Å². The standard InChI is InChI=1S/C22H26FN3O2/c1-16-6-2-5-9-20(16)25-22(28)26(19-12-10-18(23)11-13-19)15-14-24-21(27)17-7-3-4-8-17/h2,5-6,9-13,17H,3-4,7-8,14-15H2,1H3,(H,24,27)(H,25,28). The van der Waals surface area contributed by atoms with Gasteiger partial charge in [0.25, 0.3) is 0 Å². The van der Waals surface area contributed by atoms with Gasteiger partial charge in [0.1, 0.15) is 5.82 Å². The van der Waals surface area contributed by atoms with Gasteiger partial charge in [0.05, 0.1) is 0 Å². The first kappa shape index (κ1) is 19.9. The van der Waals surface area contributed by atoms with E-state index in [2.05, 4.69) is 10.6 Å². The molecule has 0 heterocycles. The highest BCUT2D eigenvalue weighted by atomic mass is 19.1. The van der Waals surface area contributed by atoms with Crippen LogP contribution in [0.5, 0.6) is 0 Å². The first-order chi connectivity index (χ1) is 13.5. The lowest BCUT2D eigenvalue weighted by molar-refractivity contribution is -0.124. The Balaban J connectivity index is 1.67. The molecule has 0 spiro atoms. The third-order valence-electron chi connectivity index (χ3n) is 5.13. The molecule has 0 unspecified atom stereocenters. The summed E-state index contributed by atoms with van der Waals surface area (Å²) >= 11 is 0. The van der Waals surface area contributed by atoms with Crippen LogP contribution < -0.4 is 15.5 Å². The minimum atomic E-state index is -0.363. The lowest BCUT2D eigenvalue weighted by Crippen LogP contribution is -2.42. The van der Waals surface area contributed by atoms with Crippen molar-refractivity contribution in [2.24, 2.45) is 5.92 Å². The van der Waals surface area contributed by atoms with Gasteiger partial charge < -0.3 is 10.6 Å². The van der Waals surface area contributed by atoms with Gasteiger partial charge in [0, 0.05) is 30.4 Å². The van der Waals surface area contributed by atoms with Crippen LogP contribution in [-0.2, 0) is 4.79 Å². The van der Waals surface area contributed by atoms with E-state index in [0.717, 1.165) is 36.9 Å². The minimum Gasteiger partial charge on any atom is -0.354 e. The average molecular weight is 383 g/mol. The Kier molecular flexibility index (Phi) is 6.63. The Morgan fingerprint density at radius 3 is 2.43 bits per heavy atom. The molecule has 28 heavy (non-hydrogen) atoms. The zero-order valence-corrected chi connectivity index (χ0v) is 16.1.